The second-order valence-electron chi connectivity index (χ2n) is 17.3. The van der Waals surface area contributed by atoms with Crippen LogP contribution < -0.4 is 4.90 Å². The van der Waals surface area contributed by atoms with Gasteiger partial charge in [0.25, 0.3) is 0 Å². The van der Waals surface area contributed by atoms with E-state index < -0.39 is 0 Å². The van der Waals surface area contributed by atoms with Crippen LogP contribution in [0.1, 0.15) is 49.9 Å². The third-order valence-corrected chi connectivity index (χ3v) is 13.3. The van der Waals surface area contributed by atoms with Crippen LogP contribution in [0.4, 0.5) is 17.1 Å². The van der Waals surface area contributed by atoms with Crippen molar-refractivity contribution in [3.63, 3.8) is 0 Å². The van der Waals surface area contributed by atoms with E-state index in [1.54, 1.807) is 0 Å². The van der Waals surface area contributed by atoms with Crippen molar-refractivity contribution in [2.45, 2.75) is 38.5 Å². The first-order chi connectivity index (χ1) is 28.8. The van der Waals surface area contributed by atoms with E-state index in [0.717, 1.165) is 11.4 Å². The summed E-state index contributed by atoms with van der Waals surface area (Å²) < 4.78 is 0. The molecule has 0 spiro atoms. The Hall–Kier alpha value is -6.96. The van der Waals surface area contributed by atoms with Gasteiger partial charge in [0.05, 0.1) is 5.69 Å². The SMILES string of the molecule is CC1(C)c2ccccc2-c2cc3c(cc21)-c1c(cc(N(c2ccccc2)c2cccc(-c4ccc(-c5ccc(-c6ccccc6)cc5)cc4)c2)c2ccccc12)C3(C)C. The van der Waals surface area contributed by atoms with E-state index in [9.17, 15) is 0 Å². The molecule has 0 fully saturated rings. The maximum absolute atomic E-state index is 2.54. The summed E-state index contributed by atoms with van der Waals surface area (Å²) in [6, 6.07) is 74.0. The molecular weight excluding hydrogens is 711 g/mol. The molecule has 0 amide bonds. The smallest absolute Gasteiger partial charge is 0.0543 e. The van der Waals surface area contributed by atoms with E-state index in [1.807, 2.05) is 0 Å². The van der Waals surface area contributed by atoms with Gasteiger partial charge in [-0.25, -0.2) is 0 Å². The molecule has 0 unspecified atom stereocenters. The molecule has 282 valence electrons. The van der Waals surface area contributed by atoms with Crippen LogP contribution in [-0.4, -0.2) is 0 Å². The highest BCUT2D eigenvalue weighted by Crippen LogP contribution is 2.58. The van der Waals surface area contributed by atoms with E-state index in [-0.39, 0.29) is 10.8 Å². The Labute approximate surface area is 347 Å². The Morgan fingerprint density at radius 2 is 0.780 bits per heavy atom. The van der Waals surface area contributed by atoms with E-state index >= 15 is 0 Å². The molecular formula is C58H45N. The maximum atomic E-state index is 2.54. The van der Waals surface area contributed by atoms with Crippen molar-refractivity contribution in [2.24, 2.45) is 0 Å². The van der Waals surface area contributed by atoms with Crippen LogP contribution >= 0.6 is 0 Å². The second kappa shape index (κ2) is 13.3. The van der Waals surface area contributed by atoms with Crippen LogP contribution in [0.25, 0.3) is 66.4 Å². The molecule has 1 heteroatoms. The van der Waals surface area contributed by atoms with Gasteiger partial charge in [-0.1, -0.05) is 185 Å². The molecule has 2 aliphatic carbocycles. The molecule has 0 radical (unpaired) electrons. The van der Waals surface area contributed by atoms with Gasteiger partial charge >= 0.3 is 0 Å². The molecule has 9 aromatic carbocycles. The van der Waals surface area contributed by atoms with Crippen molar-refractivity contribution in [3.8, 4) is 55.6 Å². The summed E-state index contributed by atoms with van der Waals surface area (Å²) in [5.74, 6) is 0. The lowest BCUT2D eigenvalue weighted by Crippen LogP contribution is -2.18. The molecule has 0 aromatic heterocycles. The van der Waals surface area contributed by atoms with E-state index in [1.165, 1.54) is 94.3 Å². The predicted molar refractivity (Wildman–Crippen MR) is 250 cm³/mol. The molecule has 2 aliphatic rings. The quantitative estimate of drug-likeness (QED) is 0.163. The van der Waals surface area contributed by atoms with Crippen molar-refractivity contribution >= 4 is 27.8 Å². The Morgan fingerprint density at radius 3 is 1.46 bits per heavy atom. The van der Waals surface area contributed by atoms with Gasteiger partial charge in [-0.2, -0.15) is 0 Å². The van der Waals surface area contributed by atoms with Gasteiger partial charge in [0.15, 0.2) is 0 Å². The van der Waals surface area contributed by atoms with Gasteiger partial charge < -0.3 is 4.90 Å². The number of nitrogens with zero attached hydrogens (tertiary/aromatic N) is 1. The summed E-state index contributed by atoms with van der Waals surface area (Å²) >= 11 is 0. The van der Waals surface area contributed by atoms with Crippen LogP contribution in [0.5, 0.6) is 0 Å². The molecule has 0 N–H and O–H groups in total. The van der Waals surface area contributed by atoms with Crippen molar-refractivity contribution in [1.82, 2.24) is 0 Å². The zero-order valence-corrected chi connectivity index (χ0v) is 34.0. The summed E-state index contributed by atoms with van der Waals surface area (Å²) in [4.78, 5) is 2.47. The lowest BCUT2D eigenvalue weighted by Gasteiger charge is -2.30. The molecule has 0 heterocycles. The summed E-state index contributed by atoms with van der Waals surface area (Å²) in [7, 11) is 0. The highest BCUT2D eigenvalue weighted by Gasteiger charge is 2.42. The van der Waals surface area contributed by atoms with Gasteiger partial charge in [0.1, 0.15) is 0 Å². The zero-order valence-electron chi connectivity index (χ0n) is 34.0. The Kier molecular flexibility index (Phi) is 7.94. The minimum atomic E-state index is -0.200. The van der Waals surface area contributed by atoms with Crippen molar-refractivity contribution in [1.29, 1.82) is 0 Å². The molecule has 9 aromatic rings. The number of hydrogen-bond acceptors (Lipinski definition) is 1. The Morgan fingerprint density at radius 1 is 0.305 bits per heavy atom. The lowest BCUT2D eigenvalue weighted by molar-refractivity contribution is 0.652. The van der Waals surface area contributed by atoms with Gasteiger partial charge in [-0.15, -0.1) is 0 Å². The second-order valence-corrected chi connectivity index (χ2v) is 17.3. The Bertz CT molecular complexity index is 3060. The largest absolute Gasteiger partial charge is 0.310 e. The minimum absolute atomic E-state index is 0.0623. The average Bonchev–Trinajstić information content (AvgIpc) is 3.65. The van der Waals surface area contributed by atoms with Gasteiger partial charge in [0, 0.05) is 27.6 Å². The van der Waals surface area contributed by atoms with Crippen molar-refractivity contribution < 1.29 is 0 Å². The molecule has 59 heavy (non-hydrogen) atoms. The summed E-state index contributed by atoms with van der Waals surface area (Å²) in [6.07, 6.45) is 0. The Balaban J connectivity index is 1.02. The molecule has 0 aliphatic heterocycles. The van der Waals surface area contributed by atoms with Crippen LogP contribution in [0, 0.1) is 0 Å². The normalized spacial score (nSPS) is 14.0. The van der Waals surface area contributed by atoms with Crippen molar-refractivity contribution in [2.75, 3.05) is 4.90 Å². The molecule has 0 atom stereocenters. The highest BCUT2D eigenvalue weighted by atomic mass is 15.1. The molecule has 0 bridgehead atoms. The fourth-order valence-electron chi connectivity index (χ4n) is 10.1. The maximum Gasteiger partial charge on any atom is 0.0543 e. The summed E-state index contributed by atoms with van der Waals surface area (Å²) in [5.41, 5.74) is 21.6. The minimum Gasteiger partial charge on any atom is -0.310 e. The predicted octanol–water partition coefficient (Wildman–Crippen LogP) is 15.9. The number of para-hydroxylation sites is 1. The van der Waals surface area contributed by atoms with Crippen LogP contribution in [0.15, 0.2) is 200 Å². The van der Waals surface area contributed by atoms with Crippen LogP contribution in [0.2, 0.25) is 0 Å². The van der Waals surface area contributed by atoms with Gasteiger partial charge in [0.2, 0.25) is 0 Å². The molecule has 11 rings (SSSR count). The number of fused-ring (bicyclic) bond motifs is 8. The third kappa shape index (κ3) is 5.53. The van der Waals surface area contributed by atoms with E-state index in [2.05, 4.69) is 233 Å². The average molecular weight is 756 g/mol. The summed E-state index contributed by atoms with van der Waals surface area (Å²) in [6.45, 7) is 9.61. The number of anilines is 3. The highest BCUT2D eigenvalue weighted by molar-refractivity contribution is 6.10. The first kappa shape index (κ1) is 35.2. The third-order valence-electron chi connectivity index (χ3n) is 13.3. The molecule has 1 nitrogen and oxygen atoms in total. The number of hydrogen-bond donors (Lipinski definition) is 0. The first-order valence-electron chi connectivity index (χ1n) is 20.8. The summed E-state index contributed by atoms with van der Waals surface area (Å²) in [5, 5.41) is 2.54. The van der Waals surface area contributed by atoms with Crippen molar-refractivity contribution in [3.05, 3.63) is 222 Å². The standard InChI is InChI=1S/C58H45N/c1-57(2)51-25-14-13-22-46(51)49-35-53-50(36-52(49)57)56-48-24-12-11-23-47(48)55(37-54(56)58(53,3)4)59(44-19-9-6-10-20-44)45-21-15-18-43(34-45)42-32-30-41(31-33-42)40-28-26-39(27-29-40)38-16-7-5-8-17-38/h5-37H,1-4H3. The van der Waals surface area contributed by atoms with Gasteiger partial charge in [-0.05, 0) is 126 Å². The van der Waals surface area contributed by atoms with Crippen LogP contribution in [0.3, 0.4) is 0 Å². The van der Waals surface area contributed by atoms with E-state index in [4.69, 9.17) is 0 Å². The topological polar surface area (TPSA) is 3.24 Å². The van der Waals surface area contributed by atoms with E-state index in [0.29, 0.717) is 0 Å². The van der Waals surface area contributed by atoms with Crippen LogP contribution in [-0.2, 0) is 10.8 Å². The number of rotatable bonds is 6. The monoisotopic (exact) mass is 755 g/mol. The number of benzene rings is 9. The fraction of sp³-hybridized carbons (Fsp3) is 0.103. The first-order valence-corrected chi connectivity index (χ1v) is 20.8. The lowest BCUT2D eigenvalue weighted by atomic mass is 9.79. The fourth-order valence-corrected chi connectivity index (χ4v) is 10.1. The molecule has 0 saturated carbocycles. The van der Waals surface area contributed by atoms with Gasteiger partial charge in [-0.3, -0.25) is 0 Å². The zero-order chi connectivity index (χ0) is 39.9. The molecule has 0 saturated heterocycles.